The summed E-state index contributed by atoms with van der Waals surface area (Å²) in [5.74, 6) is -20.5. The Morgan fingerprint density at radius 3 is 1.41 bits per heavy atom. The third kappa shape index (κ3) is 30.7. The van der Waals surface area contributed by atoms with Crippen molar-refractivity contribution < 1.29 is 112 Å². The number of thioether (sulfide) groups is 1. The molecule has 626 valence electrons. The van der Waals surface area contributed by atoms with E-state index in [1.807, 2.05) is 6.26 Å². The van der Waals surface area contributed by atoms with Crippen molar-refractivity contribution >= 4 is 124 Å². The summed E-state index contributed by atoms with van der Waals surface area (Å²) in [5.41, 5.74) is 17.4. The molecule has 24 N–H and O–H groups in total. The van der Waals surface area contributed by atoms with E-state index >= 15 is 0 Å². The summed E-state index contributed by atoms with van der Waals surface area (Å²) in [6.07, 6.45) is 1.85. The van der Waals surface area contributed by atoms with Gasteiger partial charge in [-0.2, -0.15) is 11.8 Å². The number of amides is 16. The zero-order valence-electron chi connectivity index (χ0n) is 63.8. The molecule has 2 saturated heterocycles. The van der Waals surface area contributed by atoms with Gasteiger partial charge in [-0.15, -0.1) is 0 Å². The number of carboxylic acids is 3. The Bertz CT molecular complexity index is 3710. The fourth-order valence-electron chi connectivity index (χ4n) is 11.9. The number of primary amides is 2. The summed E-state index contributed by atoms with van der Waals surface area (Å²) in [7, 11) is 0. The lowest BCUT2D eigenvalue weighted by atomic mass is 10.0. The van der Waals surface area contributed by atoms with E-state index < -0.39 is 260 Å². The van der Waals surface area contributed by atoms with Gasteiger partial charge >= 0.3 is 17.9 Å². The van der Waals surface area contributed by atoms with Crippen molar-refractivity contribution in [2.24, 2.45) is 29.0 Å². The van der Waals surface area contributed by atoms with Crippen LogP contribution < -0.4 is 81.0 Å². The van der Waals surface area contributed by atoms with Gasteiger partial charge in [0.05, 0.1) is 37.8 Å². The maximum Gasteiger partial charge on any atom is 0.326 e. The van der Waals surface area contributed by atoms with E-state index in [4.69, 9.17) is 17.2 Å². The fourth-order valence-corrected chi connectivity index (χ4v) is 12.4. The molecule has 2 fully saturated rings. The minimum absolute atomic E-state index is 0.0152. The standard InChI is InChI=1S/C68H105N21O23S/c1-31(2)52(86-65(108)54(35(7)90)87-61(104)43(24-37-27-73-30-76-37)83-63(106)45-11-9-20-88(45)66(109)41(15-18-50(94)95)81-57(100)38(69)19-22-113-8)64(107)78-34(6)56(99)79-39(13-16-47(70)91)58(101)77-33(5)55(98)74-28-49(93)85-53(32(3)4)67(110)89-21-10-12-46(89)62(105)80-40(14-17-48(71)92)59(102)82-42(23-36-26-72-29-75-36)60(103)84-44(68(111)112)25-51(96)97/h26-27,29-35,38-46,52-54,90H,9-25,28,69H2,1-8H3,(H2,70,91)(H2,71,92)(H,72,75)(H,73,76)(H,74,98)(H,77,101)(H,78,107)(H,79,99)(H,80,105)(H,81,100)(H,82,102)(H,83,106)(H,84,103)(H,85,93)(H,86,108)(H,87,104)(H,94,95)(H,96,97)(H,111,112)/t33-,34-,35+,38-,39-,40-,41-,42-,43-,44-,45-,46-,52-,53-,54-/m0/s1. The van der Waals surface area contributed by atoms with Gasteiger partial charge in [-0.05, 0) is 96.0 Å². The molecule has 0 bridgehead atoms. The third-order valence-corrected chi connectivity index (χ3v) is 18.9. The largest absolute Gasteiger partial charge is 0.481 e. The first-order valence-electron chi connectivity index (χ1n) is 36.5. The van der Waals surface area contributed by atoms with Crippen LogP contribution in [0.1, 0.15) is 137 Å². The number of aliphatic hydroxyl groups excluding tert-OH is 1. The number of rotatable bonds is 48. The van der Waals surface area contributed by atoms with Crippen molar-refractivity contribution in [3.05, 3.63) is 36.4 Å². The number of carboxylic acid groups (broad SMARTS) is 3. The normalized spacial score (nSPS) is 17.3. The van der Waals surface area contributed by atoms with E-state index in [0.29, 0.717) is 17.9 Å². The van der Waals surface area contributed by atoms with Gasteiger partial charge < -0.3 is 121 Å². The number of aliphatic carboxylic acids is 3. The Morgan fingerprint density at radius 2 is 0.920 bits per heavy atom. The molecule has 0 spiro atoms. The maximum atomic E-state index is 14.3. The van der Waals surface area contributed by atoms with Gasteiger partial charge in [-0.3, -0.25) is 86.3 Å². The highest BCUT2D eigenvalue weighted by Gasteiger charge is 2.44. The number of likely N-dealkylation sites (tertiary alicyclic amines) is 2. The number of hydrogen-bond donors (Lipinski definition) is 21. The van der Waals surface area contributed by atoms with Crippen molar-refractivity contribution in [2.75, 3.05) is 31.6 Å². The number of carbonyl (C=O) groups is 19. The van der Waals surface area contributed by atoms with Crippen LogP contribution >= 0.6 is 11.8 Å². The summed E-state index contributed by atoms with van der Waals surface area (Å²) in [4.78, 5) is 268. The first kappa shape index (κ1) is 94.0. The predicted octanol–water partition coefficient (Wildman–Crippen LogP) is -7.88. The predicted molar refractivity (Wildman–Crippen MR) is 396 cm³/mol. The van der Waals surface area contributed by atoms with Crippen molar-refractivity contribution in [1.29, 1.82) is 0 Å². The van der Waals surface area contributed by atoms with Gasteiger partial charge in [0.25, 0.3) is 0 Å². The lowest BCUT2D eigenvalue weighted by Crippen LogP contribution is -2.62. The molecular formula is C68H105N21O23S. The molecule has 45 heteroatoms. The molecule has 2 aromatic rings. The lowest BCUT2D eigenvalue weighted by molar-refractivity contribution is -0.147. The monoisotopic (exact) mass is 1620 g/mol. The zero-order chi connectivity index (χ0) is 84.7. The molecule has 4 heterocycles. The number of aromatic nitrogens is 4. The second kappa shape index (κ2) is 45.8. The van der Waals surface area contributed by atoms with Gasteiger partial charge in [0.15, 0.2) is 0 Å². The highest BCUT2D eigenvalue weighted by Crippen LogP contribution is 2.23. The summed E-state index contributed by atoms with van der Waals surface area (Å²) in [5, 5.41) is 68.2. The smallest absolute Gasteiger partial charge is 0.326 e. The van der Waals surface area contributed by atoms with Gasteiger partial charge in [0.1, 0.15) is 78.5 Å². The Morgan fingerprint density at radius 1 is 0.487 bits per heavy atom. The molecule has 4 rings (SSSR count). The SMILES string of the molecule is CSCC[C@H](N)C(=O)N[C@@H](CCC(=O)O)C(=O)N1CCC[C@H]1C(=O)N[C@@H](Cc1cnc[nH]1)C(=O)N[C@H](C(=O)N[C@H](C(=O)N[C@@H](C)C(=O)N[C@@H](CCC(N)=O)C(=O)N[C@@H](C)C(=O)NCC(=O)N[C@H](C(=O)N1CCC[C@H]1C(=O)N[C@@H](CCC(N)=O)C(=O)N[C@@H](Cc1cnc[nH]1)C(=O)N[C@@H](CC(=O)O)C(=O)O)C(C)C)C(C)C)[C@@H](C)O. The Hall–Kier alpha value is -11.4. The van der Waals surface area contributed by atoms with E-state index in [0.717, 1.165) is 16.7 Å². The first-order valence-corrected chi connectivity index (χ1v) is 37.9. The number of aromatic amines is 2. The third-order valence-electron chi connectivity index (χ3n) is 18.2. The number of nitrogens with zero attached hydrogens (tertiary/aromatic N) is 4. The number of H-pyrrole nitrogens is 2. The molecule has 15 atom stereocenters. The average molecular weight is 1620 g/mol. The molecule has 2 aliphatic rings. The summed E-state index contributed by atoms with van der Waals surface area (Å²) in [6, 6.07) is -20.9. The molecule has 2 aliphatic heterocycles. The van der Waals surface area contributed by atoms with Crippen LogP contribution in [0.5, 0.6) is 0 Å². The average Bonchev–Trinajstić information content (AvgIpc) is 1.74. The number of nitrogens with two attached hydrogens (primary N) is 3. The van der Waals surface area contributed by atoms with Gasteiger partial charge in [0.2, 0.25) is 94.5 Å². The van der Waals surface area contributed by atoms with Crippen LogP contribution in [0.2, 0.25) is 0 Å². The molecule has 0 saturated carbocycles. The molecule has 0 aliphatic carbocycles. The van der Waals surface area contributed by atoms with E-state index in [1.54, 1.807) is 13.8 Å². The molecule has 16 amide bonds. The van der Waals surface area contributed by atoms with Crippen LogP contribution in [-0.4, -0.2) is 285 Å². The minimum Gasteiger partial charge on any atom is -0.481 e. The molecule has 0 aromatic carbocycles. The van der Waals surface area contributed by atoms with Crippen LogP contribution in [0.4, 0.5) is 0 Å². The second-order valence-corrected chi connectivity index (χ2v) is 29.0. The van der Waals surface area contributed by atoms with Crippen molar-refractivity contribution in [2.45, 2.75) is 229 Å². The molecule has 0 radical (unpaired) electrons. The number of hydrogen-bond acceptors (Lipinski definition) is 24. The van der Waals surface area contributed by atoms with E-state index in [2.05, 4.69) is 83.7 Å². The van der Waals surface area contributed by atoms with Crippen LogP contribution in [0.15, 0.2) is 25.0 Å². The molecule has 2 aromatic heterocycles. The fraction of sp³-hybridized carbons (Fsp3) is 0.632. The molecular weight excluding hydrogens is 1510 g/mol. The van der Waals surface area contributed by atoms with Crippen molar-refractivity contribution in [1.82, 2.24) is 93.5 Å². The topological polar surface area (TPSA) is 692 Å². The van der Waals surface area contributed by atoms with Crippen LogP contribution in [0, 0.1) is 11.8 Å². The highest BCUT2D eigenvalue weighted by molar-refractivity contribution is 7.98. The quantitative estimate of drug-likeness (QED) is 0.0293. The zero-order valence-corrected chi connectivity index (χ0v) is 64.6. The van der Waals surface area contributed by atoms with Gasteiger partial charge in [-0.1, -0.05) is 27.7 Å². The summed E-state index contributed by atoms with van der Waals surface area (Å²) in [6.45, 7) is 8.88. The molecule has 0 unspecified atom stereocenters. The lowest BCUT2D eigenvalue weighted by Gasteiger charge is -2.31. The van der Waals surface area contributed by atoms with Crippen LogP contribution in [0.25, 0.3) is 0 Å². The first-order chi connectivity index (χ1) is 53.1. The van der Waals surface area contributed by atoms with E-state index in [-0.39, 0.29) is 63.7 Å². The number of aliphatic hydroxyl groups is 1. The number of carbonyl (C=O) groups excluding carboxylic acids is 16. The molecule has 44 nitrogen and oxygen atoms in total. The highest BCUT2D eigenvalue weighted by atomic mass is 32.2. The van der Waals surface area contributed by atoms with Crippen molar-refractivity contribution in [3.63, 3.8) is 0 Å². The molecule has 113 heavy (non-hydrogen) atoms. The Balaban J connectivity index is 1.39. The van der Waals surface area contributed by atoms with Crippen molar-refractivity contribution in [3.8, 4) is 0 Å². The van der Waals surface area contributed by atoms with E-state index in [9.17, 15) is 112 Å². The number of imidazole rings is 2. The Labute approximate surface area is 652 Å². The summed E-state index contributed by atoms with van der Waals surface area (Å²) < 4.78 is 0. The van der Waals surface area contributed by atoms with Crippen LogP contribution in [-0.2, 0) is 104 Å². The summed E-state index contributed by atoms with van der Waals surface area (Å²) >= 11 is 1.43. The Kier molecular flexibility index (Phi) is 38.1. The second-order valence-electron chi connectivity index (χ2n) is 28.0. The maximum absolute atomic E-state index is 14.3. The van der Waals surface area contributed by atoms with Crippen LogP contribution in [0.3, 0.4) is 0 Å². The number of nitrogens with one attached hydrogen (secondary N) is 14. The van der Waals surface area contributed by atoms with Gasteiger partial charge in [-0.25, -0.2) is 14.8 Å². The minimum atomic E-state index is -1.92. The van der Waals surface area contributed by atoms with E-state index in [1.165, 1.54) is 64.5 Å². The van der Waals surface area contributed by atoms with Gasteiger partial charge in [0, 0.05) is 69.0 Å².